The van der Waals surface area contributed by atoms with Crippen molar-refractivity contribution in [2.75, 3.05) is 6.54 Å². The average molecular weight is 443 g/mol. The zero-order chi connectivity index (χ0) is 21.8. The van der Waals surface area contributed by atoms with Crippen LogP contribution in [0.4, 0.5) is 0 Å². The fraction of sp³-hybridized carbons (Fsp3) is 0.240. The van der Waals surface area contributed by atoms with Crippen molar-refractivity contribution < 1.29 is 9.26 Å². The van der Waals surface area contributed by atoms with Gasteiger partial charge in [-0.15, -0.1) is 0 Å². The van der Waals surface area contributed by atoms with E-state index in [1.54, 1.807) is 6.20 Å². The summed E-state index contributed by atoms with van der Waals surface area (Å²) in [7, 11) is 0. The van der Waals surface area contributed by atoms with Gasteiger partial charge in [-0.05, 0) is 48.4 Å². The van der Waals surface area contributed by atoms with Crippen molar-refractivity contribution in [1.82, 2.24) is 15.5 Å². The Hall–Kier alpha value is -3.40. The predicted octanol–water partition coefficient (Wildman–Crippen LogP) is 5.05. The van der Waals surface area contributed by atoms with E-state index in [2.05, 4.69) is 21.5 Å². The van der Waals surface area contributed by atoms with E-state index in [1.807, 2.05) is 37.3 Å². The Bertz CT molecular complexity index is 1440. The van der Waals surface area contributed by atoms with Gasteiger partial charge in [-0.25, -0.2) is 0 Å². The van der Waals surface area contributed by atoms with E-state index in [4.69, 9.17) is 20.9 Å². The van der Waals surface area contributed by atoms with Gasteiger partial charge < -0.3 is 14.6 Å². The monoisotopic (exact) mass is 442 g/mol. The number of aryl methyl sites for hydroxylation is 1. The van der Waals surface area contributed by atoms with Crippen LogP contribution in [0.3, 0.4) is 0 Å². The summed E-state index contributed by atoms with van der Waals surface area (Å²) in [4.78, 5) is 4.48. The minimum absolute atomic E-state index is 0.238. The molecule has 0 saturated heterocycles. The minimum atomic E-state index is -0.238. The third-order valence-electron chi connectivity index (χ3n) is 6.33. The fourth-order valence-electron chi connectivity index (χ4n) is 4.74. The Morgan fingerprint density at radius 1 is 1.22 bits per heavy atom. The van der Waals surface area contributed by atoms with Crippen LogP contribution in [0.15, 0.2) is 41.1 Å². The number of hydrogen-bond acceptors (Lipinski definition) is 6. The van der Waals surface area contributed by atoms with E-state index in [9.17, 15) is 5.26 Å². The van der Waals surface area contributed by atoms with Gasteiger partial charge in [0.25, 0.3) is 0 Å². The van der Waals surface area contributed by atoms with Crippen LogP contribution in [-0.4, -0.2) is 16.7 Å². The highest BCUT2D eigenvalue weighted by molar-refractivity contribution is 6.31. The molecule has 0 spiro atoms. The van der Waals surface area contributed by atoms with E-state index < -0.39 is 0 Å². The van der Waals surface area contributed by atoms with Crippen LogP contribution in [0, 0.1) is 18.3 Å². The molecule has 4 heterocycles. The maximum Gasteiger partial charge on any atom is 0.182 e. The molecule has 32 heavy (non-hydrogen) atoms. The van der Waals surface area contributed by atoms with Crippen molar-refractivity contribution in [3.05, 3.63) is 75.3 Å². The molecule has 2 aromatic carbocycles. The van der Waals surface area contributed by atoms with Gasteiger partial charge in [-0.1, -0.05) is 16.8 Å². The Balaban J connectivity index is 1.48. The Kier molecular flexibility index (Phi) is 4.42. The third kappa shape index (κ3) is 2.97. The van der Waals surface area contributed by atoms with Crippen molar-refractivity contribution >= 4 is 22.5 Å². The maximum atomic E-state index is 9.40. The number of nitrogens with zero attached hydrogens (tertiary/aromatic N) is 3. The molecule has 0 amide bonds. The van der Waals surface area contributed by atoms with Gasteiger partial charge in [0.1, 0.15) is 5.75 Å². The van der Waals surface area contributed by atoms with Gasteiger partial charge in [0.05, 0.1) is 22.8 Å². The molecule has 0 unspecified atom stereocenters. The number of nitrogens with one attached hydrogen (secondary N) is 1. The highest BCUT2D eigenvalue weighted by Gasteiger charge is 2.34. The maximum absolute atomic E-state index is 9.40. The van der Waals surface area contributed by atoms with E-state index in [1.165, 1.54) is 0 Å². The zero-order valence-electron chi connectivity index (χ0n) is 17.4. The van der Waals surface area contributed by atoms with Crippen molar-refractivity contribution in [1.29, 1.82) is 5.26 Å². The summed E-state index contributed by atoms with van der Waals surface area (Å²) in [6.07, 6.45) is 3.05. The highest BCUT2D eigenvalue weighted by atomic mass is 35.5. The van der Waals surface area contributed by atoms with Gasteiger partial charge >= 0.3 is 0 Å². The van der Waals surface area contributed by atoms with Gasteiger partial charge in [-0.3, -0.25) is 4.98 Å². The van der Waals surface area contributed by atoms with Crippen molar-refractivity contribution in [2.45, 2.75) is 32.4 Å². The molecule has 1 N–H and O–H groups in total. The zero-order valence-corrected chi connectivity index (χ0v) is 18.2. The van der Waals surface area contributed by atoms with Crippen LogP contribution < -0.4 is 10.1 Å². The van der Waals surface area contributed by atoms with Crippen LogP contribution in [0.25, 0.3) is 22.0 Å². The Morgan fingerprint density at radius 2 is 2.12 bits per heavy atom. The number of rotatable bonds is 2. The molecular weight excluding hydrogens is 424 g/mol. The lowest BCUT2D eigenvalue weighted by molar-refractivity contribution is 0.189. The lowest BCUT2D eigenvalue weighted by Crippen LogP contribution is -2.24. The first-order valence-electron chi connectivity index (χ1n) is 10.6. The van der Waals surface area contributed by atoms with E-state index in [0.717, 1.165) is 75.4 Å². The summed E-state index contributed by atoms with van der Waals surface area (Å²) >= 11 is 6.54. The molecule has 7 heteroatoms. The van der Waals surface area contributed by atoms with Crippen molar-refractivity contribution in [3.63, 3.8) is 0 Å². The number of halogens is 1. The molecule has 0 fully saturated rings. The second kappa shape index (κ2) is 7.33. The normalized spacial score (nSPS) is 17.0. The largest absolute Gasteiger partial charge is 0.481 e. The first-order chi connectivity index (χ1) is 15.6. The van der Waals surface area contributed by atoms with Crippen LogP contribution in [0.5, 0.6) is 5.75 Å². The lowest BCUT2D eigenvalue weighted by atomic mass is 9.95. The number of hydrogen-bond donors (Lipinski definition) is 1. The van der Waals surface area contributed by atoms with Crippen LogP contribution in [-0.2, 0) is 19.4 Å². The number of pyridine rings is 1. The van der Waals surface area contributed by atoms with E-state index in [-0.39, 0.29) is 6.10 Å². The summed E-state index contributed by atoms with van der Waals surface area (Å²) in [5.74, 6) is 1.60. The summed E-state index contributed by atoms with van der Waals surface area (Å²) in [6.45, 7) is 3.59. The number of fused-ring (bicyclic) bond motifs is 3. The predicted molar refractivity (Wildman–Crippen MR) is 121 cm³/mol. The van der Waals surface area contributed by atoms with E-state index in [0.29, 0.717) is 17.0 Å². The van der Waals surface area contributed by atoms with Gasteiger partial charge in [0, 0.05) is 59.2 Å². The minimum Gasteiger partial charge on any atom is -0.481 e. The molecule has 2 aliphatic rings. The smallest absolute Gasteiger partial charge is 0.182 e. The number of ether oxygens (including phenoxy) is 1. The standard InChI is InChI=1S/C25H19ClN4O2/c1-13-6-18-17(2-5-29-22(18)8-15(13)11-27)19-10-16(26)7-14-9-23(31-24(14)19)25-20-12-28-4-3-21(20)30-32-25/h2,5-8,10,23,28H,3-4,9,12H2,1H3/t23-/m1/s1. The molecule has 158 valence electrons. The molecule has 4 aromatic rings. The van der Waals surface area contributed by atoms with Gasteiger partial charge in [-0.2, -0.15) is 5.26 Å². The summed E-state index contributed by atoms with van der Waals surface area (Å²) in [6, 6.07) is 11.9. The topological polar surface area (TPSA) is 84.0 Å². The molecule has 0 saturated carbocycles. The molecule has 0 radical (unpaired) electrons. The fourth-order valence-corrected chi connectivity index (χ4v) is 4.98. The lowest BCUT2D eigenvalue weighted by Gasteiger charge is -2.15. The van der Waals surface area contributed by atoms with Gasteiger partial charge in [0.15, 0.2) is 11.9 Å². The molecule has 6 rings (SSSR count). The Labute approximate surface area is 189 Å². The first kappa shape index (κ1) is 19.3. The number of benzene rings is 2. The van der Waals surface area contributed by atoms with Crippen LogP contribution >= 0.6 is 11.6 Å². The molecule has 6 nitrogen and oxygen atoms in total. The molecule has 2 aliphatic heterocycles. The highest BCUT2D eigenvalue weighted by Crippen LogP contribution is 2.47. The second-order valence-electron chi connectivity index (χ2n) is 8.31. The van der Waals surface area contributed by atoms with Crippen molar-refractivity contribution in [3.8, 4) is 22.9 Å². The third-order valence-corrected chi connectivity index (χ3v) is 6.55. The van der Waals surface area contributed by atoms with E-state index >= 15 is 0 Å². The quantitative estimate of drug-likeness (QED) is 0.468. The SMILES string of the molecule is Cc1cc2c(-c3cc(Cl)cc4c3O[C@@H](c3onc5c3CNCC5)C4)ccnc2cc1C#N. The first-order valence-corrected chi connectivity index (χ1v) is 11.0. The molecule has 0 bridgehead atoms. The summed E-state index contributed by atoms with van der Waals surface area (Å²) in [5, 5.41) is 18.7. The Morgan fingerprint density at radius 3 is 3.00 bits per heavy atom. The number of aromatic nitrogens is 2. The number of nitriles is 1. The summed E-state index contributed by atoms with van der Waals surface area (Å²) < 4.78 is 12.2. The molecule has 2 aromatic heterocycles. The summed E-state index contributed by atoms with van der Waals surface area (Å²) in [5.41, 5.74) is 7.36. The second-order valence-corrected chi connectivity index (χ2v) is 8.74. The van der Waals surface area contributed by atoms with Crippen LogP contribution in [0.2, 0.25) is 5.02 Å². The molecule has 0 aliphatic carbocycles. The average Bonchev–Trinajstić information content (AvgIpc) is 3.41. The van der Waals surface area contributed by atoms with Crippen LogP contribution in [0.1, 0.15) is 39.8 Å². The van der Waals surface area contributed by atoms with Crippen molar-refractivity contribution in [2.24, 2.45) is 0 Å². The molecular formula is C25H19ClN4O2. The molecule has 1 atom stereocenters. The van der Waals surface area contributed by atoms with Gasteiger partial charge in [0.2, 0.25) is 0 Å².